The fourth-order valence-corrected chi connectivity index (χ4v) is 1.15. The average molecular weight is 230 g/mol. The van der Waals surface area contributed by atoms with Gasteiger partial charge in [0.15, 0.2) is 0 Å². The molecule has 1 aromatic heterocycles. The molecule has 1 heterocycles. The van der Waals surface area contributed by atoms with Gasteiger partial charge in [-0.25, -0.2) is 8.78 Å². The van der Waals surface area contributed by atoms with Gasteiger partial charge in [0.25, 0.3) is 6.43 Å². The van der Waals surface area contributed by atoms with E-state index < -0.39 is 13.0 Å². The Morgan fingerprint density at radius 3 is 2.81 bits per heavy atom. The molecule has 0 amide bonds. The topological polar surface area (TPSA) is 34.2 Å². The molecule has 90 valence electrons. The second kappa shape index (κ2) is 6.37. The summed E-state index contributed by atoms with van der Waals surface area (Å²) in [7, 11) is 0. The highest BCUT2D eigenvalue weighted by atomic mass is 19.3. The second-order valence-corrected chi connectivity index (χ2v) is 3.72. The second-order valence-electron chi connectivity index (χ2n) is 3.72. The van der Waals surface area contributed by atoms with Crippen LogP contribution in [-0.2, 0) is 6.54 Å². The van der Waals surface area contributed by atoms with Crippen LogP contribution in [0.25, 0.3) is 0 Å². The SMILES string of the molecule is CC(C)NCc1cnccc1OCC(F)F. The molecule has 0 radical (unpaired) electrons. The van der Waals surface area contributed by atoms with Gasteiger partial charge in [-0.15, -0.1) is 0 Å². The number of rotatable bonds is 6. The molecule has 1 aromatic rings. The molecule has 0 saturated heterocycles. The highest BCUT2D eigenvalue weighted by molar-refractivity contribution is 5.29. The van der Waals surface area contributed by atoms with Gasteiger partial charge in [-0.05, 0) is 6.07 Å². The van der Waals surface area contributed by atoms with E-state index in [1.807, 2.05) is 13.8 Å². The van der Waals surface area contributed by atoms with Crippen molar-refractivity contribution >= 4 is 0 Å². The van der Waals surface area contributed by atoms with Crippen molar-refractivity contribution in [1.82, 2.24) is 10.3 Å². The van der Waals surface area contributed by atoms with Crippen molar-refractivity contribution < 1.29 is 13.5 Å². The molecule has 1 N–H and O–H groups in total. The molecular weight excluding hydrogens is 214 g/mol. The maximum Gasteiger partial charge on any atom is 0.272 e. The fourth-order valence-electron chi connectivity index (χ4n) is 1.15. The van der Waals surface area contributed by atoms with E-state index >= 15 is 0 Å². The highest BCUT2D eigenvalue weighted by Crippen LogP contribution is 2.17. The predicted molar refractivity (Wildman–Crippen MR) is 57.7 cm³/mol. The molecule has 1 rings (SSSR count). The summed E-state index contributed by atoms with van der Waals surface area (Å²) >= 11 is 0. The third kappa shape index (κ3) is 4.53. The van der Waals surface area contributed by atoms with Gasteiger partial charge in [-0.1, -0.05) is 13.8 Å². The quantitative estimate of drug-likeness (QED) is 0.813. The summed E-state index contributed by atoms with van der Waals surface area (Å²) in [5.74, 6) is 0.462. The van der Waals surface area contributed by atoms with E-state index in [1.165, 1.54) is 6.20 Å². The zero-order valence-corrected chi connectivity index (χ0v) is 9.41. The lowest BCUT2D eigenvalue weighted by Crippen LogP contribution is -2.22. The van der Waals surface area contributed by atoms with Crippen LogP contribution in [-0.4, -0.2) is 24.1 Å². The Morgan fingerprint density at radius 1 is 1.44 bits per heavy atom. The van der Waals surface area contributed by atoms with Crippen LogP contribution in [0.4, 0.5) is 8.78 Å². The smallest absolute Gasteiger partial charge is 0.272 e. The summed E-state index contributed by atoms with van der Waals surface area (Å²) in [6, 6.07) is 1.92. The monoisotopic (exact) mass is 230 g/mol. The van der Waals surface area contributed by atoms with E-state index in [2.05, 4.69) is 10.3 Å². The number of halogens is 2. The molecule has 0 atom stereocenters. The van der Waals surface area contributed by atoms with Gasteiger partial charge in [-0.3, -0.25) is 4.98 Å². The van der Waals surface area contributed by atoms with Gasteiger partial charge in [0.05, 0.1) is 0 Å². The maximum atomic E-state index is 12.0. The summed E-state index contributed by atoms with van der Waals surface area (Å²) in [5.41, 5.74) is 0.789. The summed E-state index contributed by atoms with van der Waals surface area (Å²) in [6.45, 7) is 3.99. The Morgan fingerprint density at radius 2 is 2.19 bits per heavy atom. The van der Waals surface area contributed by atoms with Crippen molar-refractivity contribution in [3.8, 4) is 5.75 Å². The number of pyridine rings is 1. The molecule has 0 aliphatic carbocycles. The van der Waals surface area contributed by atoms with Crippen LogP contribution in [0.15, 0.2) is 18.5 Å². The minimum atomic E-state index is -2.46. The Hall–Kier alpha value is -1.23. The molecule has 0 spiro atoms. The van der Waals surface area contributed by atoms with E-state index in [0.29, 0.717) is 18.3 Å². The van der Waals surface area contributed by atoms with Gasteiger partial charge < -0.3 is 10.1 Å². The molecule has 0 aliphatic rings. The predicted octanol–water partition coefficient (Wildman–Crippen LogP) is 2.22. The van der Waals surface area contributed by atoms with Crippen molar-refractivity contribution in [1.29, 1.82) is 0 Å². The Kier molecular flexibility index (Phi) is 5.11. The first-order valence-electron chi connectivity index (χ1n) is 5.17. The molecule has 0 fully saturated rings. The number of aromatic nitrogens is 1. The van der Waals surface area contributed by atoms with Gasteiger partial charge in [0, 0.05) is 30.5 Å². The Bertz CT molecular complexity index is 288. The molecule has 0 unspecified atom stereocenters. The molecule has 5 heteroatoms. The minimum Gasteiger partial charge on any atom is -0.487 e. The van der Waals surface area contributed by atoms with Crippen molar-refractivity contribution in [2.24, 2.45) is 0 Å². The molecule has 3 nitrogen and oxygen atoms in total. The molecule has 0 aliphatic heterocycles. The number of alkyl halides is 2. The van der Waals surface area contributed by atoms with Crippen molar-refractivity contribution in [3.63, 3.8) is 0 Å². The fraction of sp³-hybridized carbons (Fsp3) is 0.545. The van der Waals surface area contributed by atoms with Gasteiger partial charge >= 0.3 is 0 Å². The van der Waals surface area contributed by atoms with Crippen molar-refractivity contribution in [2.45, 2.75) is 32.9 Å². The van der Waals surface area contributed by atoms with E-state index in [9.17, 15) is 8.78 Å². The molecule has 0 aromatic carbocycles. The van der Waals surface area contributed by atoms with Crippen LogP contribution in [0.2, 0.25) is 0 Å². The van der Waals surface area contributed by atoms with E-state index in [1.54, 1.807) is 12.3 Å². The molecule has 0 bridgehead atoms. The van der Waals surface area contributed by atoms with Gasteiger partial charge in [0.1, 0.15) is 12.4 Å². The van der Waals surface area contributed by atoms with Crippen LogP contribution in [0.3, 0.4) is 0 Å². The first kappa shape index (κ1) is 12.8. The van der Waals surface area contributed by atoms with Gasteiger partial charge in [-0.2, -0.15) is 0 Å². The van der Waals surface area contributed by atoms with E-state index in [-0.39, 0.29) is 0 Å². The third-order valence-corrected chi connectivity index (χ3v) is 1.92. The van der Waals surface area contributed by atoms with Crippen LogP contribution in [0.1, 0.15) is 19.4 Å². The van der Waals surface area contributed by atoms with E-state index in [0.717, 1.165) is 5.56 Å². The standard InChI is InChI=1S/C11H16F2N2O/c1-8(2)15-6-9-5-14-4-3-10(9)16-7-11(12)13/h3-5,8,11,15H,6-7H2,1-2H3. The van der Waals surface area contributed by atoms with Gasteiger partial charge in [0.2, 0.25) is 0 Å². The number of ether oxygens (including phenoxy) is 1. The normalized spacial score (nSPS) is 11.1. The largest absolute Gasteiger partial charge is 0.487 e. The lowest BCUT2D eigenvalue weighted by molar-refractivity contribution is 0.0813. The summed E-state index contributed by atoms with van der Waals surface area (Å²) in [4.78, 5) is 3.94. The van der Waals surface area contributed by atoms with Crippen molar-refractivity contribution in [2.75, 3.05) is 6.61 Å². The Balaban J connectivity index is 2.60. The first-order chi connectivity index (χ1) is 7.59. The summed E-state index contributed by atoms with van der Waals surface area (Å²) in [6.07, 6.45) is 0.689. The summed E-state index contributed by atoms with van der Waals surface area (Å²) in [5, 5.41) is 3.18. The minimum absolute atomic E-state index is 0.322. The number of nitrogens with one attached hydrogen (secondary N) is 1. The molecular formula is C11H16F2N2O. The number of nitrogens with zero attached hydrogens (tertiary/aromatic N) is 1. The zero-order valence-electron chi connectivity index (χ0n) is 9.41. The molecule has 0 saturated carbocycles. The van der Waals surface area contributed by atoms with E-state index in [4.69, 9.17) is 4.74 Å². The third-order valence-electron chi connectivity index (χ3n) is 1.92. The molecule has 16 heavy (non-hydrogen) atoms. The number of hydrogen-bond acceptors (Lipinski definition) is 3. The maximum absolute atomic E-state index is 12.0. The lowest BCUT2D eigenvalue weighted by atomic mass is 10.2. The Labute approximate surface area is 93.8 Å². The van der Waals surface area contributed by atoms with Crippen molar-refractivity contribution in [3.05, 3.63) is 24.0 Å². The van der Waals surface area contributed by atoms with Crippen LogP contribution >= 0.6 is 0 Å². The zero-order chi connectivity index (χ0) is 12.0. The first-order valence-corrected chi connectivity index (χ1v) is 5.17. The van der Waals surface area contributed by atoms with Crippen LogP contribution in [0, 0.1) is 0 Å². The summed E-state index contributed by atoms with van der Waals surface area (Å²) < 4.78 is 29.0. The number of hydrogen-bond donors (Lipinski definition) is 1. The lowest BCUT2D eigenvalue weighted by Gasteiger charge is -2.12. The van der Waals surface area contributed by atoms with Crippen LogP contribution < -0.4 is 10.1 Å². The van der Waals surface area contributed by atoms with Crippen LogP contribution in [0.5, 0.6) is 5.75 Å². The highest BCUT2D eigenvalue weighted by Gasteiger charge is 2.07. The average Bonchev–Trinajstić information content (AvgIpc) is 2.24.